The van der Waals surface area contributed by atoms with Gasteiger partial charge in [0.05, 0.1) is 6.54 Å². The Hall–Kier alpha value is -1.40. The zero-order valence-corrected chi connectivity index (χ0v) is 16.1. The van der Waals surface area contributed by atoms with Gasteiger partial charge in [0.2, 0.25) is 5.91 Å². The van der Waals surface area contributed by atoms with Gasteiger partial charge in [-0.25, -0.2) is 4.98 Å². The maximum absolute atomic E-state index is 13.0. The van der Waals surface area contributed by atoms with Gasteiger partial charge < -0.3 is 14.6 Å². The molecule has 0 aliphatic carbocycles. The molecule has 26 heavy (non-hydrogen) atoms. The summed E-state index contributed by atoms with van der Waals surface area (Å²) >= 11 is 0. The molecule has 3 atom stereocenters. The van der Waals surface area contributed by atoms with E-state index in [1.165, 1.54) is 6.42 Å². The highest BCUT2D eigenvalue weighted by molar-refractivity contribution is 5.79. The van der Waals surface area contributed by atoms with E-state index in [2.05, 4.69) is 21.7 Å². The fourth-order valence-electron chi connectivity index (χ4n) is 5.57. The summed E-state index contributed by atoms with van der Waals surface area (Å²) in [5.41, 5.74) is -0.860. The molecular weight excluding hydrogens is 328 g/mol. The topological polar surface area (TPSA) is 61.6 Å². The van der Waals surface area contributed by atoms with E-state index in [1.54, 1.807) is 6.20 Å². The Balaban J connectivity index is 1.45. The van der Waals surface area contributed by atoms with E-state index in [-0.39, 0.29) is 18.0 Å². The number of fused-ring (bicyclic) bond motifs is 2. The van der Waals surface area contributed by atoms with Crippen molar-refractivity contribution in [2.75, 3.05) is 13.1 Å². The maximum atomic E-state index is 13.0. The van der Waals surface area contributed by atoms with Crippen LogP contribution in [-0.4, -0.2) is 61.6 Å². The number of carbonyl (C=O) groups is 1. The van der Waals surface area contributed by atoms with Crippen molar-refractivity contribution < 1.29 is 9.90 Å². The minimum atomic E-state index is -0.860. The molecular formula is C20H32N4O2. The number of amides is 1. The van der Waals surface area contributed by atoms with Crippen molar-refractivity contribution in [2.45, 2.75) is 82.0 Å². The van der Waals surface area contributed by atoms with E-state index in [1.807, 2.05) is 17.8 Å². The Kier molecular flexibility index (Phi) is 4.82. The third-order valence-electron chi connectivity index (χ3n) is 6.89. The molecule has 6 nitrogen and oxygen atoms in total. The van der Waals surface area contributed by atoms with Crippen LogP contribution in [0.1, 0.15) is 64.1 Å². The summed E-state index contributed by atoms with van der Waals surface area (Å²) in [4.78, 5) is 21.9. The van der Waals surface area contributed by atoms with Crippen LogP contribution in [0.4, 0.5) is 0 Å². The lowest BCUT2D eigenvalue weighted by atomic mass is 9.85. The lowest BCUT2D eigenvalue weighted by Gasteiger charge is -2.44. The van der Waals surface area contributed by atoms with Gasteiger partial charge in [-0.2, -0.15) is 0 Å². The van der Waals surface area contributed by atoms with Gasteiger partial charge in [-0.05, 0) is 51.4 Å². The molecule has 3 saturated heterocycles. The van der Waals surface area contributed by atoms with Crippen molar-refractivity contribution in [1.29, 1.82) is 0 Å². The predicted octanol–water partition coefficient (Wildman–Crippen LogP) is 2.03. The number of aliphatic hydroxyl groups is 1. The standard InChI is InChI=1S/C20H32N4O2/c1-3-15-6-4-5-10-23(15)18(25)14-24-16-7-8-17(24)13-20(26,12-16)19-21-9-11-22(19)2/h9,11,15-17,26H,3-8,10,12-14H2,1-2H3/t15-,16+,17+/m0/s1. The van der Waals surface area contributed by atoms with Crippen LogP contribution in [0.25, 0.3) is 0 Å². The van der Waals surface area contributed by atoms with Crippen molar-refractivity contribution in [2.24, 2.45) is 7.05 Å². The molecule has 6 heteroatoms. The van der Waals surface area contributed by atoms with E-state index in [0.717, 1.165) is 44.5 Å². The number of hydrogen-bond acceptors (Lipinski definition) is 4. The Bertz CT molecular complexity index is 644. The fourth-order valence-corrected chi connectivity index (χ4v) is 5.57. The third kappa shape index (κ3) is 3.07. The van der Waals surface area contributed by atoms with Crippen LogP contribution in [0, 0.1) is 0 Å². The molecule has 0 aromatic carbocycles. The van der Waals surface area contributed by atoms with Crippen molar-refractivity contribution in [1.82, 2.24) is 19.4 Å². The highest BCUT2D eigenvalue weighted by atomic mass is 16.3. The number of likely N-dealkylation sites (tertiary alicyclic amines) is 1. The summed E-state index contributed by atoms with van der Waals surface area (Å²) in [6.45, 7) is 3.62. The van der Waals surface area contributed by atoms with E-state index in [0.29, 0.717) is 25.4 Å². The molecule has 0 saturated carbocycles. The molecule has 144 valence electrons. The molecule has 2 bridgehead atoms. The van der Waals surface area contributed by atoms with Gasteiger partial charge in [-0.15, -0.1) is 0 Å². The minimum Gasteiger partial charge on any atom is -0.382 e. The summed E-state index contributed by atoms with van der Waals surface area (Å²) in [7, 11) is 1.94. The number of nitrogens with zero attached hydrogens (tertiary/aromatic N) is 4. The van der Waals surface area contributed by atoms with Gasteiger partial charge in [-0.1, -0.05) is 6.92 Å². The number of aryl methyl sites for hydroxylation is 1. The molecule has 1 N–H and O–H groups in total. The Labute approximate surface area is 156 Å². The zero-order valence-electron chi connectivity index (χ0n) is 16.1. The van der Waals surface area contributed by atoms with Crippen LogP contribution in [-0.2, 0) is 17.4 Å². The first kappa shape index (κ1) is 18.0. The average Bonchev–Trinajstić information content (AvgIpc) is 3.17. The van der Waals surface area contributed by atoms with Gasteiger partial charge in [0, 0.05) is 44.1 Å². The number of hydrogen-bond donors (Lipinski definition) is 1. The number of imidazole rings is 1. The lowest BCUT2D eigenvalue weighted by Crippen LogP contribution is -2.55. The lowest BCUT2D eigenvalue weighted by molar-refractivity contribution is -0.139. The third-order valence-corrected chi connectivity index (χ3v) is 6.89. The summed E-state index contributed by atoms with van der Waals surface area (Å²) in [6, 6.07) is 0.983. The molecule has 4 heterocycles. The normalized spacial score (nSPS) is 35.0. The fraction of sp³-hybridized carbons (Fsp3) is 0.800. The SMILES string of the molecule is CC[C@H]1CCCCN1C(=O)CN1[C@@H]2CC[C@@H]1CC(O)(c1nccn1C)C2. The van der Waals surface area contributed by atoms with Crippen molar-refractivity contribution in [3.8, 4) is 0 Å². The van der Waals surface area contributed by atoms with Crippen LogP contribution >= 0.6 is 0 Å². The number of carbonyl (C=O) groups excluding carboxylic acids is 1. The Morgan fingerprint density at radius 1 is 1.27 bits per heavy atom. The maximum Gasteiger partial charge on any atom is 0.237 e. The molecule has 3 aliphatic heterocycles. The quantitative estimate of drug-likeness (QED) is 0.892. The van der Waals surface area contributed by atoms with Crippen LogP contribution in [0.5, 0.6) is 0 Å². The zero-order chi connectivity index (χ0) is 18.3. The van der Waals surface area contributed by atoms with Crippen molar-refractivity contribution >= 4 is 5.91 Å². The van der Waals surface area contributed by atoms with Crippen molar-refractivity contribution in [3.63, 3.8) is 0 Å². The van der Waals surface area contributed by atoms with Crippen LogP contribution in [0.3, 0.4) is 0 Å². The minimum absolute atomic E-state index is 0.282. The molecule has 1 aromatic rings. The van der Waals surface area contributed by atoms with E-state index >= 15 is 0 Å². The molecule has 0 spiro atoms. The molecule has 1 amide bonds. The van der Waals surface area contributed by atoms with Crippen LogP contribution in [0.15, 0.2) is 12.4 Å². The average molecular weight is 361 g/mol. The van der Waals surface area contributed by atoms with Gasteiger partial charge in [0.1, 0.15) is 11.4 Å². The Morgan fingerprint density at radius 2 is 2.00 bits per heavy atom. The summed E-state index contributed by atoms with van der Waals surface area (Å²) in [5.74, 6) is 1.05. The first-order chi connectivity index (χ1) is 12.5. The highest BCUT2D eigenvalue weighted by Gasteiger charge is 2.50. The van der Waals surface area contributed by atoms with E-state index in [9.17, 15) is 9.90 Å². The number of piperidine rings is 2. The predicted molar refractivity (Wildman–Crippen MR) is 99.5 cm³/mol. The van der Waals surface area contributed by atoms with E-state index in [4.69, 9.17) is 0 Å². The summed E-state index contributed by atoms with van der Waals surface area (Å²) in [5, 5.41) is 11.3. The van der Waals surface area contributed by atoms with Gasteiger partial charge in [-0.3, -0.25) is 9.69 Å². The molecule has 0 unspecified atom stereocenters. The first-order valence-electron chi connectivity index (χ1n) is 10.3. The molecule has 4 rings (SSSR count). The molecule has 1 aromatic heterocycles. The summed E-state index contributed by atoms with van der Waals surface area (Å²) in [6.07, 6.45) is 11.7. The van der Waals surface area contributed by atoms with Gasteiger partial charge >= 0.3 is 0 Å². The van der Waals surface area contributed by atoms with Crippen LogP contribution < -0.4 is 0 Å². The van der Waals surface area contributed by atoms with Gasteiger partial charge in [0.25, 0.3) is 0 Å². The second kappa shape index (κ2) is 6.97. The molecule has 3 fully saturated rings. The molecule has 3 aliphatic rings. The van der Waals surface area contributed by atoms with Crippen LogP contribution in [0.2, 0.25) is 0 Å². The Morgan fingerprint density at radius 3 is 2.62 bits per heavy atom. The molecule has 0 radical (unpaired) electrons. The highest BCUT2D eigenvalue weighted by Crippen LogP contribution is 2.45. The smallest absolute Gasteiger partial charge is 0.237 e. The largest absolute Gasteiger partial charge is 0.382 e. The first-order valence-corrected chi connectivity index (χ1v) is 10.3. The van der Waals surface area contributed by atoms with E-state index < -0.39 is 5.60 Å². The van der Waals surface area contributed by atoms with Crippen molar-refractivity contribution in [3.05, 3.63) is 18.2 Å². The summed E-state index contributed by atoms with van der Waals surface area (Å²) < 4.78 is 1.93. The second-order valence-corrected chi connectivity index (χ2v) is 8.50. The van der Waals surface area contributed by atoms with Gasteiger partial charge in [0.15, 0.2) is 0 Å². The number of rotatable bonds is 4. The second-order valence-electron chi connectivity index (χ2n) is 8.50. The monoisotopic (exact) mass is 360 g/mol. The number of aromatic nitrogens is 2.